The first-order valence-electron chi connectivity index (χ1n) is 10.3. The molecule has 0 aliphatic carbocycles. The van der Waals surface area contributed by atoms with Gasteiger partial charge in [-0.25, -0.2) is 4.90 Å². The molecule has 5 nitrogen and oxygen atoms in total. The van der Waals surface area contributed by atoms with E-state index in [4.69, 9.17) is 4.74 Å². The highest BCUT2D eigenvalue weighted by molar-refractivity contribution is 6.34. The minimum Gasteiger partial charge on any atom is -0.427 e. The van der Waals surface area contributed by atoms with Crippen molar-refractivity contribution in [3.63, 3.8) is 0 Å². The van der Waals surface area contributed by atoms with E-state index in [0.717, 1.165) is 10.5 Å². The number of benzene rings is 3. The summed E-state index contributed by atoms with van der Waals surface area (Å²) in [5.74, 6) is -0.188. The molecule has 0 bridgehead atoms. The van der Waals surface area contributed by atoms with E-state index in [1.54, 1.807) is 48.5 Å². The predicted octanol–water partition coefficient (Wildman–Crippen LogP) is 5.15. The summed E-state index contributed by atoms with van der Waals surface area (Å²) in [7, 11) is 0. The molecule has 0 N–H and O–H groups in total. The number of esters is 1. The van der Waals surface area contributed by atoms with E-state index in [0.29, 0.717) is 34.9 Å². The van der Waals surface area contributed by atoms with Gasteiger partial charge in [0.2, 0.25) is 0 Å². The minimum absolute atomic E-state index is 0.265. The SMILES string of the molecule is CC(C)c1ccc(CCC(=O)Oc2ccc(N3C(=O)c4ccccc4C3=O)cc2)cc1. The zero-order valence-corrected chi connectivity index (χ0v) is 17.5. The molecule has 0 aromatic heterocycles. The van der Waals surface area contributed by atoms with Crippen molar-refractivity contribution in [2.24, 2.45) is 0 Å². The van der Waals surface area contributed by atoms with E-state index in [2.05, 4.69) is 26.0 Å². The van der Waals surface area contributed by atoms with Crippen LogP contribution >= 0.6 is 0 Å². The van der Waals surface area contributed by atoms with Gasteiger partial charge in [-0.3, -0.25) is 14.4 Å². The van der Waals surface area contributed by atoms with Gasteiger partial charge < -0.3 is 4.74 Å². The van der Waals surface area contributed by atoms with Crippen molar-refractivity contribution in [3.05, 3.63) is 95.1 Å². The Morgan fingerprint density at radius 1 is 0.839 bits per heavy atom. The van der Waals surface area contributed by atoms with Crippen molar-refractivity contribution in [2.45, 2.75) is 32.6 Å². The lowest BCUT2D eigenvalue weighted by atomic mass is 10.0. The fourth-order valence-electron chi connectivity index (χ4n) is 3.59. The van der Waals surface area contributed by atoms with Crippen molar-refractivity contribution >= 4 is 23.5 Å². The molecule has 1 heterocycles. The molecule has 2 amide bonds. The summed E-state index contributed by atoms with van der Waals surface area (Å²) in [6.45, 7) is 4.29. The second-order valence-electron chi connectivity index (χ2n) is 7.86. The third kappa shape index (κ3) is 4.26. The molecule has 3 aromatic rings. The van der Waals surface area contributed by atoms with Crippen LogP contribution in [0.3, 0.4) is 0 Å². The zero-order valence-electron chi connectivity index (χ0n) is 17.5. The Labute approximate surface area is 181 Å². The van der Waals surface area contributed by atoms with Crippen LogP contribution in [0.25, 0.3) is 0 Å². The molecule has 0 saturated heterocycles. The quantitative estimate of drug-likeness (QED) is 0.319. The molecule has 1 aliphatic heterocycles. The average Bonchev–Trinajstić information content (AvgIpc) is 3.04. The molecule has 3 aromatic carbocycles. The van der Waals surface area contributed by atoms with Crippen LogP contribution in [-0.4, -0.2) is 17.8 Å². The number of carbonyl (C=O) groups excluding carboxylic acids is 3. The fraction of sp³-hybridized carbons (Fsp3) is 0.192. The van der Waals surface area contributed by atoms with Crippen molar-refractivity contribution in [2.75, 3.05) is 4.90 Å². The molecular weight excluding hydrogens is 390 g/mol. The van der Waals surface area contributed by atoms with Gasteiger partial charge in [-0.1, -0.05) is 50.2 Å². The Balaban J connectivity index is 1.36. The lowest BCUT2D eigenvalue weighted by Crippen LogP contribution is -2.29. The lowest BCUT2D eigenvalue weighted by molar-refractivity contribution is -0.134. The van der Waals surface area contributed by atoms with Gasteiger partial charge in [-0.05, 0) is 59.9 Å². The fourth-order valence-corrected chi connectivity index (χ4v) is 3.59. The van der Waals surface area contributed by atoms with Crippen LogP contribution in [0.5, 0.6) is 5.75 Å². The first kappa shape index (κ1) is 20.5. The number of hydrogen-bond acceptors (Lipinski definition) is 4. The minimum atomic E-state index is -0.353. The molecule has 0 saturated carbocycles. The Kier molecular flexibility index (Phi) is 5.67. The number of fused-ring (bicyclic) bond motifs is 1. The zero-order chi connectivity index (χ0) is 22.0. The molecule has 0 spiro atoms. The van der Waals surface area contributed by atoms with Gasteiger partial charge in [0.15, 0.2) is 0 Å². The number of amides is 2. The highest BCUT2D eigenvalue weighted by Crippen LogP contribution is 2.29. The van der Waals surface area contributed by atoms with E-state index >= 15 is 0 Å². The molecule has 0 radical (unpaired) electrons. The highest BCUT2D eigenvalue weighted by atomic mass is 16.5. The van der Waals surface area contributed by atoms with Gasteiger partial charge in [0, 0.05) is 6.42 Å². The second kappa shape index (κ2) is 8.56. The molecular formula is C26H23NO4. The molecule has 4 rings (SSSR count). The number of hydrogen-bond donors (Lipinski definition) is 0. The Morgan fingerprint density at radius 2 is 1.42 bits per heavy atom. The summed E-state index contributed by atoms with van der Waals surface area (Å²) >= 11 is 0. The van der Waals surface area contributed by atoms with Gasteiger partial charge in [0.05, 0.1) is 16.8 Å². The molecule has 5 heteroatoms. The van der Waals surface area contributed by atoms with E-state index in [1.807, 2.05) is 12.1 Å². The van der Waals surface area contributed by atoms with Crippen molar-refractivity contribution in [3.8, 4) is 5.75 Å². The lowest BCUT2D eigenvalue weighted by Gasteiger charge is -2.14. The number of anilines is 1. The summed E-state index contributed by atoms with van der Waals surface area (Å²) in [6.07, 6.45) is 0.867. The molecule has 0 fully saturated rings. The van der Waals surface area contributed by atoms with Crippen molar-refractivity contribution in [1.29, 1.82) is 0 Å². The molecule has 156 valence electrons. The van der Waals surface area contributed by atoms with Crippen LogP contribution in [0.15, 0.2) is 72.8 Å². The molecule has 1 aliphatic rings. The summed E-state index contributed by atoms with van der Waals surface area (Å²) in [5.41, 5.74) is 3.58. The molecule has 31 heavy (non-hydrogen) atoms. The second-order valence-corrected chi connectivity index (χ2v) is 7.86. The van der Waals surface area contributed by atoms with Crippen LogP contribution in [0, 0.1) is 0 Å². The van der Waals surface area contributed by atoms with Crippen molar-refractivity contribution in [1.82, 2.24) is 0 Å². The summed E-state index contributed by atoms with van der Waals surface area (Å²) in [5, 5.41) is 0. The maximum absolute atomic E-state index is 12.6. The van der Waals surface area contributed by atoms with Crippen LogP contribution in [-0.2, 0) is 11.2 Å². The normalized spacial score (nSPS) is 12.9. The Morgan fingerprint density at radius 3 is 1.97 bits per heavy atom. The average molecular weight is 413 g/mol. The van der Waals surface area contributed by atoms with Crippen molar-refractivity contribution < 1.29 is 19.1 Å². The monoisotopic (exact) mass is 413 g/mol. The maximum Gasteiger partial charge on any atom is 0.311 e. The van der Waals surface area contributed by atoms with Crippen LogP contribution in [0.1, 0.15) is 58.0 Å². The summed E-state index contributed by atoms with van der Waals surface area (Å²) in [6, 6.07) is 21.4. The number of rotatable bonds is 6. The number of nitrogens with zero attached hydrogens (tertiary/aromatic N) is 1. The maximum atomic E-state index is 12.6. The van der Waals surface area contributed by atoms with Gasteiger partial charge in [0.25, 0.3) is 11.8 Å². The standard InChI is InChI=1S/C26H23NO4/c1-17(2)19-10-7-18(8-11-19)9-16-24(28)31-21-14-12-20(13-15-21)27-25(29)22-5-3-4-6-23(22)26(27)30/h3-8,10-15,17H,9,16H2,1-2H3. The number of aryl methyl sites for hydroxylation is 1. The van der Waals surface area contributed by atoms with E-state index < -0.39 is 0 Å². The number of carbonyl (C=O) groups is 3. The highest BCUT2D eigenvalue weighted by Gasteiger charge is 2.36. The van der Waals surface area contributed by atoms with Gasteiger partial charge in [0.1, 0.15) is 5.75 Å². The third-order valence-corrected chi connectivity index (χ3v) is 5.38. The number of imide groups is 1. The molecule has 0 unspecified atom stereocenters. The van der Waals surface area contributed by atoms with Gasteiger partial charge in [-0.2, -0.15) is 0 Å². The van der Waals surface area contributed by atoms with E-state index in [9.17, 15) is 14.4 Å². The largest absolute Gasteiger partial charge is 0.427 e. The van der Waals surface area contributed by atoms with Crippen LogP contribution in [0.2, 0.25) is 0 Å². The summed E-state index contributed by atoms with van der Waals surface area (Å²) in [4.78, 5) is 38.5. The van der Waals surface area contributed by atoms with E-state index in [1.165, 1.54) is 5.56 Å². The molecule has 0 atom stereocenters. The number of ether oxygens (including phenoxy) is 1. The van der Waals surface area contributed by atoms with E-state index in [-0.39, 0.29) is 24.2 Å². The first-order valence-corrected chi connectivity index (χ1v) is 10.3. The first-order chi connectivity index (χ1) is 14.9. The topological polar surface area (TPSA) is 63.7 Å². The third-order valence-electron chi connectivity index (χ3n) is 5.38. The van der Waals surface area contributed by atoms with Crippen LogP contribution < -0.4 is 9.64 Å². The van der Waals surface area contributed by atoms with Gasteiger partial charge >= 0.3 is 5.97 Å². The smallest absolute Gasteiger partial charge is 0.311 e. The Bertz CT molecular complexity index is 1100. The summed E-state index contributed by atoms with van der Waals surface area (Å²) < 4.78 is 5.40. The predicted molar refractivity (Wildman–Crippen MR) is 119 cm³/mol. The van der Waals surface area contributed by atoms with Crippen LogP contribution in [0.4, 0.5) is 5.69 Å². The van der Waals surface area contributed by atoms with Gasteiger partial charge in [-0.15, -0.1) is 0 Å². The Hall–Kier alpha value is -3.73.